The van der Waals surface area contributed by atoms with Crippen LogP contribution in [0.15, 0.2) is 16.3 Å². The third-order valence-corrected chi connectivity index (χ3v) is 4.68. The molecule has 0 saturated carbocycles. The van der Waals surface area contributed by atoms with Gasteiger partial charge in [-0.3, -0.25) is 4.99 Å². The number of carbonyl (C=O) groups excluding carboxylic acids is 1. The first-order valence-corrected chi connectivity index (χ1v) is 9.33. The van der Waals surface area contributed by atoms with Crippen molar-refractivity contribution in [2.24, 2.45) is 4.99 Å². The second-order valence-electron chi connectivity index (χ2n) is 5.84. The summed E-state index contributed by atoms with van der Waals surface area (Å²) < 4.78 is 10.8. The monoisotopic (exact) mass is 358 g/mol. The van der Waals surface area contributed by atoms with E-state index < -0.39 is 0 Å². The Labute approximate surface area is 151 Å². The van der Waals surface area contributed by atoms with E-state index in [0.29, 0.717) is 30.8 Å². The lowest BCUT2D eigenvalue weighted by Crippen LogP contribution is -2.30. The van der Waals surface area contributed by atoms with Gasteiger partial charge in [0.25, 0.3) is 0 Å². The number of alkyl halides is 1. The topological polar surface area (TPSA) is 51.1 Å². The number of hydrogen-bond donors (Lipinski definition) is 0. The van der Waals surface area contributed by atoms with Gasteiger partial charge in [0.15, 0.2) is 0 Å². The Morgan fingerprint density at radius 3 is 2.62 bits per heavy atom. The van der Waals surface area contributed by atoms with Gasteiger partial charge in [-0.2, -0.15) is 0 Å². The fourth-order valence-electron chi connectivity index (χ4n) is 2.62. The molecule has 0 N–H and O–H groups in total. The number of esters is 1. The number of carbonyl (C=O) groups is 1. The molecule has 1 unspecified atom stereocenters. The maximum Gasteiger partial charge on any atom is 0.337 e. The summed E-state index contributed by atoms with van der Waals surface area (Å²) in [5.74, 6) is 0.312. The molecule has 0 aromatic heterocycles. The smallest absolute Gasteiger partial charge is 0.337 e. The fraction of sp³-hybridized carbons (Fsp3) is 0.778. The van der Waals surface area contributed by atoms with Gasteiger partial charge in [-0.05, 0) is 19.5 Å². The molecule has 1 rings (SSSR count). The zero-order chi connectivity index (χ0) is 17.9. The molecule has 5 nitrogen and oxygen atoms in total. The molecule has 0 saturated heterocycles. The Kier molecular flexibility index (Phi) is 10.0. The van der Waals surface area contributed by atoms with Crippen molar-refractivity contribution in [3.05, 3.63) is 11.3 Å². The van der Waals surface area contributed by atoms with Gasteiger partial charge in [0.1, 0.15) is 12.4 Å². The number of rotatable bonds is 10. The van der Waals surface area contributed by atoms with Crippen LogP contribution in [0.4, 0.5) is 0 Å². The van der Waals surface area contributed by atoms with Crippen LogP contribution < -0.4 is 0 Å². The van der Waals surface area contributed by atoms with Crippen LogP contribution in [0.2, 0.25) is 0 Å². The first kappa shape index (κ1) is 21.0. The van der Waals surface area contributed by atoms with Crippen molar-refractivity contribution in [2.45, 2.75) is 51.8 Å². The third kappa shape index (κ3) is 6.44. The minimum Gasteiger partial charge on any atom is -0.500 e. The van der Waals surface area contributed by atoms with E-state index >= 15 is 0 Å². The van der Waals surface area contributed by atoms with Crippen LogP contribution in [0.5, 0.6) is 0 Å². The third-order valence-electron chi connectivity index (χ3n) is 4.28. The summed E-state index contributed by atoms with van der Waals surface area (Å²) >= 11 is 6.42. The maximum absolute atomic E-state index is 12.4. The van der Waals surface area contributed by atoms with Gasteiger partial charge in [-0.15, -0.1) is 11.6 Å². The Hall–Kier alpha value is -1.07. The van der Waals surface area contributed by atoms with Crippen LogP contribution in [-0.2, 0) is 14.3 Å². The second-order valence-corrected chi connectivity index (χ2v) is 6.37. The molecule has 6 heteroatoms. The number of nitrogens with zero attached hydrogens (tertiary/aromatic N) is 2. The number of methoxy groups -OCH3 is 1. The summed E-state index contributed by atoms with van der Waals surface area (Å²) in [7, 11) is 1.58. The summed E-state index contributed by atoms with van der Waals surface area (Å²) in [5.41, 5.74) is 1.45. The quantitative estimate of drug-likeness (QED) is 0.341. The Bertz CT molecular complexity index is 459. The van der Waals surface area contributed by atoms with Crippen LogP contribution in [0.25, 0.3) is 0 Å². The van der Waals surface area contributed by atoms with E-state index in [9.17, 15) is 4.79 Å². The van der Waals surface area contributed by atoms with Crippen molar-refractivity contribution < 1.29 is 14.3 Å². The van der Waals surface area contributed by atoms with Crippen LogP contribution in [0.3, 0.4) is 0 Å². The lowest BCUT2D eigenvalue weighted by molar-refractivity contribution is -0.139. The summed E-state index contributed by atoms with van der Waals surface area (Å²) in [4.78, 5) is 19.1. The van der Waals surface area contributed by atoms with E-state index in [-0.39, 0.29) is 11.3 Å². The van der Waals surface area contributed by atoms with Crippen LogP contribution in [0.1, 0.15) is 46.5 Å². The molecule has 138 valence electrons. The molecule has 24 heavy (non-hydrogen) atoms. The highest BCUT2D eigenvalue weighted by Crippen LogP contribution is 2.28. The van der Waals surface area contributed by atoms with Crippen LogP contribution >= 0.6 is 11.6 Å². The van der Waals surface area contributed by atoms with Crippen molar-refractivity contribution >= 4 is 23.3 Å². The van der Waals surface area contributed by atoms with E-state index in [1.165, 1.54) is 0 Å². The van der Waals surface area contributed by atoms with Crippen molar-refractivity contribution in [2.75, 3.05) is 39.9 Å². The van der Waals surface area contributed by atoms with E-state index in [0.717, 1.165) is 44.7 Å². The van der Waals surface area contributed by atoms with Crippen LogP contribution in [-0.4, -0.2) is 61.9 Å². The van der Waals surface area contributed by atoms with Gasteiger partial charge in [-0.1, -0.05) is 27.2 Å². The number of likely N-dealkylation sites (N-methyl/N-ethyl adjacent to an activating group) is 1. The normalized spacial score (nSPS) is 19.9. The molecule has 0 radical (unpaired) electrons. The summed E-state index contributed by atoms with van der Waals surface area (Å²) in [5, 5.41) is -0.258. The minimum absolute atomic E-state index is 0.258. The summed E-state index contributed by atoms with van der Waals surface area (Å²) in [6.07, 6.45) is 3.05. The second kappa shape index (κ2) is 11.5. The van der Waals surface area contributed by atoms with E-state index in [1.807, 2.05) is 0 Å². The molecule has 0 heterocycles. The van der Waals surface area contributed by atoms with E-state index in [2.05, 4.69) is 30.7 Å². The largest absolute Gasteiger partial charge is 0.500 e. The standard InChI is InChI=1S/C18H31ClN2O3/c1-5-8-9-20-16-13-17(23-4)14(12-15(16)19)18(22)24-11-10-21(6-2)7-3/h15H,5-13H2,1-4H3. The number of aliphatic imine (C=N–C) groups is 1. The van der Waals surface area contributed by atoms with Crippen molar-refractivity contribution in [1.29, 1.82) is 0 Å². The lowest BCUT2D eigenvalue weighted by Gasteiger charge is -2.24. The maximum atomic E-state index is 12.4. The average molecular weight is 359 g/mol. The zero-order valence-corrected chi connectivity index (χ0v) is 16.2. The first-order valence-electron chi connectivity index (χ1n) is 8.89. The molecule has 0 aliphatic heterocycles. The number of ether oxygens (including phenoxy) is 2. The highest BCUT2D eigenvalue weighted by molar-refractivity contribution is 6.33. The fourth-order valence-corrected chi connectivity index (χ4v) is 2.92. The van der Waals surface area contributed by atoms with Gasteiger partial charge in [0.05, 0.1) is 18.1 Å². The Balaban J connectivity index is 2.67. The van der Waals surface area contributed by atoms with Crippen LogP contribution in [0, 0.1) is 0 Å². The molecular weight excluding hydrogens is 328 g/mol. The first-order chi connectivity index (χ1) is 11.6. The summed E-state index contributed by atoms with van der Waals surface area (Å²) in [6.45, 7) is 10.1. The molecular formula is C18H31ClN2O3. The van der Waals surface area contributed by atoms with E-state index in [4.69, 9.17) is 21.1 Å². The van der Waals surface area contributed by atoms with E-state index in [1.54, 1.807) is 7.11 Å². The molecule has 0 aromatic carbocycles. The van der Waals surface area contributed by atoms with Gasteiger partial charge >= 0.3 is 5.97 Å². The molecule has 1 atom stereocenters. The molecule has 0 aromatic rings. The van der Waals surface area contributed by atoms with Gasteiger partial charge in [-0.25, -0.2) is 4.79 Å². The molecule has 1 aliphatic carbocycles. The predicted octanol–water partition coefficient (Wildman–Crippen LogP) is 3.41. The average Bonchev–Trinajstić information content (AvgIpc) is 2.59. The summed E-state index contributed by atoms with van der Waals surface area (Å²) in [6, 6.07) is 0. The Morgan fingerprint density at radius 1 is 1.33 bits per heavy atom. The molecule has 1 aliphatic rings. The van der Waals surface area contributed by atoms with Crippen molar-refractivity contribution in [3.8, 4) is 0 Å². The number of unbranched alkanes of at least 4 members (excludes halogenated alkanes) is 1. The minimum atomic E-state index is -0.322. The lowest BCUT2D eigenvalue weighted by atomic mass is 9.95. The Morgan fingerprint density at radius 2 is 2.04 bits per heavy atom. The zero-order valence-electron chi connectivity index (χ0n) is 15.4. The molecule has 0 spiro atoms. The highest BCUT2D eigenvalue weighted by Gasteiger charge is 2.30. The highest BCUT2D eigenvalue weighted by atomic mass is 35.5. The number of allylic oxidation sites excluding steroid dienone is 1. The van der Waals surface area contributed by atoms with Crippen molar-refractivity contribution in [1.82, 2.24) is 4.90 Å². The molecule has 0 fully saturated rings. The molecule has 0 amide bonds. The van der Waals surface area contributed by atoms with Crippen molar-refractivity contribution in [3.63, 3.8) is 0 Å². The van der Waals surface area contributed by atoms with Gasteiger partial charge in [0.2, 0.25) is 0 Å². The van der Waals surface area contributed by atoms with Gasteiger partial charge < -0.3 is 14.4 Å². The molecule has 0 bridgehead atoms. The predicted molar refractivity (Wildman–Crippen MR) is 98.9 cm³/mol. The van der Waals surface area contributed by atoms with Gasteiger partial charge in [0, 0.05) is 31.6 Å². The number of halogens is 1. The SMILES string of the molecule is CCCCN=C1CC(OC)=C(C(=O)OCCN(CC)CC)CC1Cl. The number of hydrogen-bond acceptors (Lipinski definition) is 5.